The number of rotatable bonds is 5. The van der Waals surface area contributed by atoms with Gasteiger partial charge in [-0.1, -0.05) is 6.07 Å². The second-order valence-electron chi connectivity index (χ2n) is 8.77. The SMILES string of the molecule is CC(C)(C)n1nccc1Nc1cccc(CC2(c3n[nH]c(=O)o3)CCN(O)CC2)n1. The lowest BCUT2D eigenvalue weighted by Gasteiger charge is -2.36. The fourth-order valence-electron chi connectivity index (χ4n) is 3.90. The van der Waals surface area contributed by atoms with Crippen molar-refractivity contribution < 1.29 is 9.62 Å². The maximum atomic E-state index is 11.6. The second kappa shape index (κ2) is 7.69. The van der Waals surface area contributed by atoms with Gasteiger partial charge in [0, 0.05) is 31.3 Å². The van der Waals surface area contributed by atoms with E-state index in [0.717, 1.165) is 11.5 Å². The molecule has 0 unspecified atom stereocenters. The number of aromatic nitrogens is 5. The highest BCUT2D eigenvalue weighted by molar-refractivity contribution is 5.52. The third kappa shape index (κ3) is 4.14. The summed E-state index contributed by atoms with van der Waals surface area (Å²) in [5.41, 5.74) is 0.180. The van der Waals surface area contributed by atoms with Crippen molar-refractivity contribution in [2.45, 2.75) is 51.0 Å². The molecule has 0 spiro atoms. The Balaban J connectivity index is 1.60. The topological polar surface area (TPSA) is 125 Å². The molecule has 0 saturated carbocycles. The van der Waals surface area contributed by atoms with Crippen LogP contribution in [-0.2, 0) is 17.4 Å². The van der Waals surface area contributed by atoms with Gasteiger partial charge < -0.3 is 14.9 Å². The summed E-state index contributed by atoms with van der Waals surface area (Å²) in [6, 6.07) is 7.71. The third-order valence-electron chi connectivity index (χ3n) is 5.45. The van der Waals surface area contributed by atoms with E-state index >= 15 is 0 Å². The van der Waals surface area contributed by atoms with Crippen molar-refractivity contribution >= 4 is 11.6 Å². The van der Waals surface area contributed by atoms with Crippen LogP contribution in [0.1, 0.15) is 45.2 Å². The van der Waals surface area contributed by atoms with Crippen molar-refractivity contribution in [3.05, 3.63) is 52.6 Å². The maximum absolute atomic E-state index is 11.6. The highest BCUT2D eigenvalue weighted by atomic mass is 16.5. The van der Waals surface area contributed by atoms with E-state index < -0.39 is 11.2 Å². The number of pyridine rings is 1. The van der Waals surface area contributed by atoms with Crippen molar-refractivity contribution in [1.82, 2.24) is 30.0 Å². The Hall–Kier alpha value is -2.98. The van der Waals surface area contributed by atoms with E-state index in [1.807, 2.05) is 28.9 Å². The molecular weight excluding hydrogens is 386 g/mol. The van der Waals surface area contributed by atoms with Gasteiger partial charge >= 0.3 is 5.76 Å². The van der Waals surface area contributed by atoms with Gasteiger partial charge in [-0.2, -0.15) is 10.2 Å². The van der Waals surface area contributed by atoms with Crippen LogP contribution < -0.4 is 11.1 Å². The zero-order valence-electron chi connectivity index (χ0n) is 17.4. The summed E-state index contributed by atoms with van der Waals surface area (Å²) in [4.78, 5) is 16.3. The van der Waals surface area contributed by atoms with Crippen LogP contribution in [-0.4, -0.2) is 48.3 Å². The minimum absolute atomic E-state index is 0.163. The normalized spacial score (nSPS) is 17.2. The third-order valence-corrected chi connectivity index (χ3v) is 5.45. The summed E-state index contributed by atoms with van der Waals surface area (Å²) < 4.78 is 7.24. The smallest absolute Gasteiger partial charge is 0.392 e. The van der Waals surface area contributed by atoms with Gasteiger partial charge in [0.1, 0.15) is 11.6 Å². The number of hydrogen-bond acceptors (Lipinski definition) is 8. The van der Waals surface area contributed by atoms with Gasteiger partial charge in [0.15, 0.2) is 0 Å². The van der Waals surface area contributed by atoms with E-state index in [9.17, 15) is 10.0 Å². The molecule has 0 amide bonds. The van der Waals surface area contributed by atoms with Crippen molar-refractivity contribution in [2.75, 3.05) is 18.4 Å². The number of nitrogens with zero attached hydrogens (tertiary/aromatic N) is 5. The summed E-state index contributed by atoms with van der Waals surface area (Å²) >= 11 is 0. The summed E-state index contributed by atoms with van der Waals surface area (Å²) in [7, 11) is 0. The van der Waals surface area contributed by atoms with E-state index in [4.69, 9.17) is 9.40 Å². The van der Waals surface area contributed by atoms with Crippen LogP contribution in [0.4, 0.5) is 11.6 Å². The molecule has 0 aromatic carbocycles. The van der Waals surface area contributed by atoms with Crippen molar-refractivity contribution in [3.8, 4) is 0 Å². The molecule has 1 aliphatic heterocycles. The molecule has 10 heteroatoms. The molecule has 0 bridgehead atoms. The van der Waals surface area contributed by atoms with Gasteiger partial charge in [0.2, 0.25) is 5.89 Å². The Morgan fingerprint density at radius 2 is 2.03 bits per heavy atom. The molecule has 30 heavy (non-hydrogen) atoms. The molecule has 3 aromatic rings. The maximum Gasteiger partial charge on any atom is 0.434 e. The van der Waals surface area contributed by atoms with Crippen molar-refractivity contribution in [1.29, 1.82) is 0 Å². The highest BCUT2D eigenvalue weighted by Gasteiger charge is 2.41. The minimum Gasteiger partial charge on any atom is -0.392 e. The zero-order chi connectivity index (χ0) is 21.4. The molecule has 1 fully saturated rings. The van der Waals surface area contributed by atoms with Gasteiger partial charge in [0.05, 0.1) is 17.2 Å². The molecule has 10 nitrogen and oxygen atoms in total. The molecule has 3 aromatic heterocycles. The highest BCUT2D eigenvalue weighted by Crippen LogP contribution is 2.37. The fourth-order valence-corrected chi connectivity index (χ4v) is 3.90. The predicted octanol–water partition coefficient (Wildman–Crippen LogP) is 2.42. The van der Waals surface area contributed by atoms with E-state index in [1.54, 1.807) is 6.20 Å². The molecule has 4 rings (SSSR count). The first kappa shape index (κ1) is 20.3. The van der Waals surface area contributed by atoms with Crippen LogP contribution in [0.25, 0.3) is 0 Å². The standard InChI is InChI=1S/C20H27N7O3/c1-19(2,3)27-16(7-10-21-27)23-15-6-4-5-14(22-15)13-20(8-11-26(29)12-9-20)17-24-25-18(28)30-17/h4-7,10,29H,8-9,11-13H2,1-3H3,(H,22,23)(H,25,28). The van der Waals surface area contributed by atoms with Gasteiger partial charge in [-0.25, -0.2) is 19.6 Å². The van der Waals surface area contributed by atoms with Gasteiger partial charge in [-0.3, -0.25) is 0 Å². The van der Waals surface area contributed by atoms with Gasteiger partial charge in [-0.05, 0) is 45.7 Å². The molecule has 3 N–H and O–H groups in total. The number of hydroxylamine groups is 2. The first-order chi connectivity index (χ1) is 14.2. The Bertz CT molecular complexity index is 1050. The van der Waals surface area contributed by atoms with Crippen LogP contribution in [0.15, 0.2) is 39.7 Å². The lowest BCUT2D eigenvalue weighted by atomic mass is 9.75. The molecule has 1 saturated heterocycles. The van der Waals surface area contributed by atoms with E-state index in [-0.39, 0.29) is 5.54 Å². The molecule has 4 heterocycles. The largest absolute Gasteiger partial charge is 0.434 e. The van der Waals surface area contributed by atoms with E-state index in [1.165, 1.54) is 5.06 Å². The lowest BCUT2D eigenvalue weighted by Crippen LogP contribution is -2.43. The first-order valence-corrected chi connectivity index (χ1v) is 10.0. The number of nitrogens with one attached hydrogen (secondary N) is 2. The second-order valence-corrected chi connectivity index (χ2v) is 8.77. The lowest BCUT2D eigenvalue weighted by molar-refractivity contribution is -0.118. The molecular formula is C20H27N7O3. The Kier molecular flexibility index (Phi) is 5.20. The van der Waals surface area contributed by atoms with Crippen LogP contribution in [0.2, 0.25) is 0 Å². The van der Waals surface area contributed by atoms with E-state index in [0.29, 0.717) is 44.1 Å². The molecule has 0 radical (unpaired) electrons. The summed E-state index contributed by atoms with van der Waals surface area (Å²) in [6.45, 7) is 7.20. The van der Waals surface area contributed by atoms with Gasteiger partial charge in [-0.15, -0.1) is 5.10 Å². The molecule has 160 valence electrons. The average Bonchev–Trinajstić information content (AvgIpc) is 3.33. The van der Waals surface area contributed by atoms with Gasteiger partial charge in [0.25, 0.3) is 0 Å². The zero-order valence-corrected chi connectivity index (χ0v) is 17.4. The van der Waals surface area contributed by atoms with Crippen LogP contribution in [0.5, 0.6) is 0 Å². The average molecular weight is 413 g/mol. The van der Waals surface area contributed by atoms with Crippen molar-refractivity contribution in [2.24, 2.45) is 0 Å². The number of piperidine rings is 1. The van der Waals surface area contributed by atoms with Crippen molar-refractivity contribution in [3.63, 3.8) is 0 Å². The number of H-pyrrole nitrogens is 1. The Labute approximate surface area is 173 Å². The number of anilines is 2. The monoisotopic (exact) mass is 413 g/mol. The van der Waals surface area contributed by atoms with E-state index in [2.05, 4.69) is 41.4 Å². The first-order valence-electron chi connectivity index (χ1n) is 10.0. The molecule has 1 aliphatic rings. The summed E-state index contributed by atoms with van der Waals surface area (Å²) in [5, 5.41) is 25.3. The minimum atomic E-state index is -0.574. The number of aromatic amines is 1. The Morgan fingerprint density at radius 3 is 2.70 bits per heavy atom. The van der Waals surface area contributed by atoms with Crippen LogP contribution in [0.3, 0.4) is 0 Å². The van der Waals surface area contributed by atoms with Crippen LogP contribution in [0, 0.1) is 0 Å². The molecule has 0 atom stereocenters. The Morgan fingerprint density at radius 1 is 1.27 bits per heavy atom. The van der Waals surface area contributed by atoms with Crippen LogP contribution >= 0.6 is 0 Å². The fraction of sp³-hybridized carbons (Fsp3) is 0.500. The number of hydrogen-bond donors (Lipinski definition) is 3. The summed E-state index contributed by atoms with van der Waals surface area (Å²) in [5.74, 6) is 1.35. The quantitative estimate of drug-likeness (QED) is 0.582. The summed E-state index contributed by atoms with van der Waals surface area (Å²) in [6.07, 6.45) is 3.51. The predicted molar refractivity (Wildman–Crippen MR) is 110 cm³/mol. The molecule has 0 aliphatic carbocycles.